The van der Waals surface area contributed by atoms with Crippen molar-refractivity contribution in [3.63, 3.8) is 0 Å². The zero-order valence-electron chi connectivity index (χ0n) is 10.7. The van der Waals surface area contributed by atoms with E-state index in [9.17, 15) is 9.59 Å². The van der Waals surface area contributed by atoms with E-state index in [2.05, 4.69) is 9.97 Å². The van der Waals surface area contributed by atoms with Crippen LogP contribution in [0.4, 0.5) is 0 Å². The van der Waals surface area contributed by atoms with Crippen molar-refractivity contribution in [3.05, 3.63) is 61.1 Å². The van der Waals surface area contributed by atoms with Gasteiger partial charge in [0.15, 0.2) is 0 Å². The first kappa shape index (κ1) is 13.5. The first-order chi connectivity index (χ1) is 9.04. The maximum absolute atomic E-state index is 12.2. The van der Waals surface area contributed by atoms with Gasteiger partial charge in [0.25, 0.3) is 5.56 Å². The molecule has 0 spiro atoms. The summed E-state index contributed by atoms with van der Waals surface area (Å²) in [5.41, 5.74) is 1.16. The molecule has 6 heteroatoms. The molecular formula is C13H14ClN3O2. The van der Waals surface area contributed by atoms with Crippen LogP contribution in [0.2, 0.25) is 5.15 Å². The second-order valence-electron chi connectivity index (χ2n) is 4.23. The lowest BCUT2D eigenvalue weighted by Gasteiger charge is -2.09. The number of H-pyrrole nitrogens is 1. The highest BCUT2D eigenvalue weighted by Crippen LogP contribution is 2.07. The Hall–Kier alpha value is -1.88. The summed E-state index contributed by atoms with van der Waals surface area (Å²) in [4.78, 5) is 30.7. The molecule has 100 valence electrons. The van der Waals surface area contributed by atoms with Crippen molar-refractivity contribution in [2.75, 3.05) is 0 Å². The molecule has 2 aromatic heterocycles. The largest absolute Gasteiger partial charge is 0.329 e. The van der Waals surface area contributed by atoms with Gasteiger partial charge in [0.2, 0.25) is 0 Å². The van der Waals surface area contributed by atoms with Crippen molar-refractivity contribution >= 4 is 11.6 Å². The Morgan fingerprint density at radius 1 is 1.42 bits per heavy atom. The number of hydrogen-bond acceptors (Lipinski definition) is 3. The number of aromatic nitrogens is 3. The molecular weight excluding hydrogens is 266 g/mol. The van der Waals surface area contributed by atoms with Gasteiger partial charge in [-0.15, -0.1) is 0 Å². The van der Waals surface area contributed by atoms with Crippen molar-refractivity contribution in [1.82, 2.24) is 14.5 Å². The van der Waals surface area contributed by atoms with E-state index in [1.165, 1.54) is 0 Å². The van der Waals surface area contributed by atoms with Crippen LogP contribution in [-0.4, -0.2) is 14.5 Å². The number of nitrogens with zero attached hydrogens (tertiary/aromatic N) is 2. The van der Waals surface area contributed by atoms with Gasteiger partial charge in [0.05, 0.1) is 17.8 Å². The first-order valence-corrected chi connectivity index (χ1v) is 6.34. The number of hydrogen-bond donors (Lipinski definition) is 1. The van der Waals surface area contributed by atoms with Gasteiger partial charge in [-0.1, -0.05) is 24.6 Å². The van der Waals surface area contributed by atoms with Crippen molar-refractivity contribution < 1.29 is 0 Å². The monoisotopic (exact) mass is 279 g/mol. The molecule has 0 saturated carbocycles. The lowest BCUT2D eigenvalue weighted by Crippen LogP contribution is -2.38. The molecule has 0 radical (unpaired) electrons. The third kappa shape index (κ3) is 2.61. The van der Waals surface area contributed by atoms with Gasteiger partial charge in [-0.25, -0.2) is 4.79 Å². The average Bonchev–Trinajstić information content (AvgIpc) is 2.36. The minimum Gasteiger partial charge on any atom is -0.297 e. The molecule has 0 aromatic carbocycles. The SMILES string of the molecule is CCc1c(Cl)[nH]c(=O)n(Cc2ncccc2C)c1=O. The van der Waals surface area contributed by atoms with Crippen LogP contribution in [-0.2, 0) is 13.0 Å². The third-order valence-corrected chi connectivity index (χ3v) is 3.33. The Bertz CT molecular complexity index is 719. The van der Waals surface area contributed by atoms with E-state index in [0.717, 1.165) is 10.1 Å². The van der Waals surface area contributed by atoms with E-state index in [1.54, 1.807) is 6.20 Å². The zero-order chi connectivity index (χ0) is 14.0. The highest BCUT2D eigenvalue weighted by atomic mass is 35.5. The minimum atomic E-state index is -0.516. The summed E-state index contributed by atoms with van der Waals surface area (Å²) in [6, 6.07) is 3.70. The zero-order valence-corrected chi connectivity index (χ0v) is 11.5. The van der Waals surface area contributed by atoms with Gasteiger partial charge in [-0.05, 0) is 25.0 Å². The summed E-state index contributed by atoms with van der Waals surface area (Å²) in [6.07, 6.45) is 2.11. The van der Waals surface area contributed by atoms with Crippen LogP contribution in [0.25, 0.3) is 0 Å². The molecule has 0 unspecified atom stereocenters. The number of halogens is 1. The quantitative estimate of drug-likeness (QED) is 0.866. The van der Waals surface area contributed by atoms with Gasteiger partial charge < -0.3 is 0 Å². The lowest BCUT2D eigenvalue weighted by molar-refractivity contribution is 0.670. The molecule has 0 aliphatic carbocycles. The molecule has 1 N–H and O–H groups in total. The van der Waals surface area contributed by atoms with Gasteiger partial charge in [-0.2, -0.15) is 0 Å². The highest BCUT2D eigenvalue weighted by molar-refractivity contribution is 6.30. The highest BCUT2D eigenvalue weighted by Gasteiger charge is 2.12. The van der Waals surface area contributed by atoms with Crippen LogP contribution in [0.15, 0.2) is 27.9 Å². The van der Waals surface area contributed by atoms with Crippen molar-refractivity contribution in [2.24, 2.45) is 0 Å². The van der Waals surface area contributed by atoms with Gasteiger partial charge in [0, 0.05) is 6.20 Å². The fraction of sp³-hybridized carbons (Fsp3) is 0.308. The minimum absolute atomic E-state index is 0.117. The summed E-state index contributed by atoms with van der Waals surface area (Å²) in [5, 5.41) is 0.117. The molecule has 2 heterocycles. The van der Waals surface area contributed by atoms with E-state index in [-0.39, 0.29) is 17.3 Å². The molecule has 0 atom stereocenters. The van der Waals surface area contributed by atoms with Crippen molar-refractivity contribution in [1.29, 1.82) is 0 Å². The number of aryl methyl sites for hydroxylation is 1. The Morgan fingerprint density at radius 3 is 2.79 bits per heavy atom. The smallest absolute Gasteiger partial charge is 0.297 e. The van der Waals surface area contributed by atoms with Crippen LogP contribution < -0.4 is 11.2 Å². The fourth-order valence-electron chi connectivity index (χ4n) is 1.87. The van der Waals surface area contributed by atoms with E-state index in [0.29, 0.717) is 17.7 Å². The molecule has 0 amide bonds. The van der Waals surface area contributed by atoms with Gasteiger partial charge in [-0.3, -0.25) is 19.3 Å². The maximum Gasteiger partial charge on any atom is 0.329 e. The predicted molar refractivity (Wildman–Crippen MR) is 73.8 cm³/mol. The fourth-order valence-corrected chi connectivity index (χ4v) is 2.16. The average molecular weight is 280 g/mol. The standard InChI is InChI=1S/C13H14ClN3O2/c1-3-9-11(14)16-13(19)17(12(9)18)7-10-8(2)5-4-6-15-10/h4-6H,3,7H2,1-2H3,(H,16,19). The van der Waals surface area contributed by atoms with E-state index in [1.807, 2.05) is 26.0 Å². The van der Waals surface area contributed by atoms with Crippen LogP contribution in [0.5, 0.6) is 0 Å². The second-order valence-corrected chi connectivity index (χ2v) is 4.61. The normalized spacial score (nSPS) is 10.7. The van der Waals surface area contributed by atoms with Crippen molar-refractivity contribution in [2.45, 2.75) is 26.8 Å². The lowest BCUT2D eigenvalue weighted by atomic mass is 10.2. The number of aromatic amines is 1. The van der Waals surface area contributed by atoms with E-state index in [4.69, 9.17) is 11.6 Å². The van der Waals surface area contributed by atoms with Crippen LogP contribution in [0, 0.1) is 6.92 Å². The Kier molecular flexibility index (Phi) is 3.85. The molecule has 19 heavy (non-hydrogen) atoms. The Labute approximate surface area is 114 Å². The van der Waals surface area contributed by atoms with E-state index >= 15 is 0 Å². The molecule has 2 rings (SSSR count). The topological polar surface area (TPSA) is 67.8 Å². The summed E-state index contributed by atoms with van der Waals surface area (Å²) in [6.45, 7) is 3.85. The molecule has 0 aliphatic rings. The van der Waals surface area contributed by atoms with Gasteiger partial charge in [0.1, 0.15) is 5.15 Å². The molecule has 0 bridgehead atoms. The number of rotatable bonds is 3. The Balaban J connectivity index is 2.56. The summed E-state index contributed by atoms with van der Waals surface area (Å²) >= 11 is 5.86. The molecule has 0 saturated heterocycles. The number of nitrogens with one attached hydrogen (secondary N) is 1. The first-order valence-electron chi connectivity index (χ1n) is 5.96. The summed E-state index contributed by atoms with van der Waals surface area (Å²) in [7, 11) is 0. The van der Waals surface area contributed by atoms with Crippen LogP contribution >= 0.6 is 11.6 Å². The van der Waals surface area contributed by atoms with Crippen LogP contribution in [0.1, 0.15) is 23.7 Å². The predicted octanol–water partition coefficient (Wildman–Crippen LogP) is 1.50. The molecule has 0 fully saturated rings. The van der Waals surface area contributed by atoms with Gasteiger partial charge >= 0.3 is 5.69 Å². The summed E-state index contributed by atoms with van der Waals surface area (Å²) < 4.78 is 1.13. The number of pyridine rings is 1. The molecule has 5 nitrogen and oxygen atoms in total. The van der Waals surface area contributed by atoms with Crippen molar-refractivity contribution in [3.8, 4) is 0 Å². The van der Waals surface area contributed by atoms with Crippen LogP contribution in [0.3, 0.4) is 0 Å². The molecule has 0 aliphatic heterocycles. The Morgan fingerprint density at radius 2 is 2.16 bits per heavy atom. The third-order valence-electron chi connectivity index (χ3n) is 3.01. The van der Waals surface area contributed by atoms with E-state index < -0.39 is 5.69 Å². The maximum atomic E-state index is 12.2. The molecule has 2 aromatic rings. The summed E-state index contributed by atoms with van der Waals surface area (Å²) in [5.74, 6) is 0. The second kappa shape index (κ2) is 5.40.